The summed E-state index contributed by atoms with van der Waals surface area (Å²) in [4.78, 5) is 47.6. The van der Waals surface area contributed by atoms with Gasteiger partial charge in [0.1, 0.15) is 5.69 Å². The lowest BCUT2D eigenvalue weighted by Crippen LogP contribution is -2.50. The number of carbonyl (C=O) groups is 3. The molecule has 0 atom stereocenters. The highest BCUT2D eigenvalue weighted by Gasteiger charge is 2.26. The average molecular weight is 389 g/mol. The molecule has 0 aliphatic carbocycles. The van der Waals surface area contributed by atoms with Gasteiger partial charge in [0.2, 0.25) is 5.91 Å². The van der Waals surface area contributed by atoms with Gasteiger partial charge in [-0.2, -0.15) is 0 Å². The molecule has 9 nitrogen and oxygen atoms in total. The first kappa shape index (κ1) is 19.9. The Bertz CT molecular complexity index is 725. The number of aromatic nitrogens is 1. The summed E-state index contributed by atoms with van der Waals surface area (Å²) in [6.07, 6.45) is 1.36. The third-order valence-corrected chi connectivity index (χ3v) is 5.15. The molecule has 0 unspecified atom stereocenters. The van der Waals surface area contributed by atoms with Crippen LogP contribution in [0.4, 0.5) is 10.5 Å². The number of carbonyl (C=O) groups excluding carboxylic acids is 3. The van der Waals surface area contributed by atoms with Crippen molar-refractivity contribution in [3.05, 3.63) is 24.0 Å². The molecule has 0 N–H and O–H groups in total. The van der Waals surface area contributed by atoms with Crippen molar-refractivity contribution in [1.82, 2.24) is 19.7 Å². The molecular formula is C19H27N5O4. The van der Waals surface area contributed by atoms with Gasteiger partial charge in [0.15, 0.2) is 0 Å². The molecule has 3 amide bonds. The number of nitrogens with zero attached hydrogens (tertiary/aromatic N) is 5. The Hall–Kier alpha value is -2.84. The Balaban J connectivity index is 1.59. The Labute approximate surface area is 164 Å². The molecule has 0 radical (unpaired) electrons. The van der Waals surface area contributed by atoms with Crippen LogP contribution in [0.15, 0.2) is 18.3 Å². The first-order valence-corrected chi connectivity index (χ1v) is 9.67. The lowest BCUT2D eigenvalue weighted by atomic mass is 10.2. The van der Waals surface area contributed by atoms with Gasteiger partial charge in [-0.05, 0) is 19.1 Å². The van der Waals surface area contributed by atoms with Crippen molar-refractivity contribution in [2.24, 2.45) is 0 Å². The summed E-state index contributed by atoms with van der Waals surface area (Å²) in [6.45, 7) is 8.36. The number of hydrogen-bond donors (Lipinski definition) is 0. The van der Waals surface area contributed by atoms with E-state index in [9.17, 15) is 14.4 Å². The van der Waals surface area contributed by atoms with Crippen molar-refractivity contribution in [2.75, 3.05) is 63.9 Å². The highest BCUT2D eigenvalue weighted by atomic mass is 16.6. The van der Waals surface area contributed by atoms with Crippen LogP contribution in [0.3, 0.4) is 0 Å². The van der Waals surface area contributed by atoms with Gasteiger partial charge < -0.3 is 24.3 Å². The molecule has 0 spiro atoms. The van der Waals surface area contributed by atoms with E-state index in [4.69, 9.17) is 4.74 Å². The second-order valence-corrected chi connectivity index (χ2v) is 6.87. The number of piperazine rings is 2. The molecule has 2 aliphatic heterocycles. The quantitative estimate of drug-likeness (QED) is 0.755. The van der Waals surface area contributed by atoms with E-state index < -0.39 is 0 Å². The van der Waals surface area contributed by atoms with Gasteiger partial charge >= 0.3 is 6.09 Å². The SMILES string of the molecule is CCOC(=O)N1CCN(c2ccnc(C(=O)N3CCN(C(C)=O)CC3)c2)CC1. The topological polar surface area (TPSA) is 86.3 Å². The summed E-state index contributed by atoms with van der Waals surface area (Å²) < 4.78 is 5.05. The summed E-state index contributed by atoms with van der Waals surface area (Å²) in [5.41, 5.74) is 1.32. The summed E-state index contributed by atoms with van der Waals surface area (Å²) in [6, 6.07) is 3.68. The van der Waals surface area contributed by atoms with E-state index in [1.807, 2.05) is 6.07 Å². The zero-order chi connectivity index (χ0) is 20.1. The zero-order valence-electron chi connectivity index (χ0n) is 16.5. The predicted molar refractivity (Wildman–Crippen MR) is 103 cm³/mol. The van der Waals surface area contributed by atoms with Crippen molar-refractivity contribution in [2.45, 2.75) is 13.8 Å². The summed E-state index contributed by atoms with van der Waals surface area (Å²) in [5.74, 6) is -0.0793. The molecule has 1 aromatic heterocycles. The lowest BCUT2D eigenvalue weighted by molar-refractivity contribution is -0.130. The number of amides is 3. The van der Waals surface area contributed by atoms with E-state index in [0.29, 0.717) is 64.7 Å². The first-order chi connectivity index (χ1) is 13.5. The highest BCUT2D eigenvalue weighted by molar-refractivity contribution is 5.93. The summed E-state index contributed by atoms with van der Waals surface area (Å²) >= 11 is 0. The Kier molecular flexibility index (Phi) is 6.33. The zero-order valence-corrected chi connectivity index (χ0v) is 16.5. The van der Waals surface area contributed by atoms with Crippen molar-refractivity contribution >= 4 is 23.6 Å². The van der Waals surface area contributed by atoms with E-state index in [1.165, 1.54) is 0 Å². The largest absolute Gasteiger partial charge is 0.450 e. The number of hydrogen-bond acceptors (Lipinski definition) is 6. The third-order valence-electron chi connectivity index (χ3n) is 5.15. The van der Waals surface area contributed by atoms with Gasteiger partial charge in [-0.15, -0.1) is 0 Å². The molecular weight excluding hydrogens is 362 g/mol. The highest BCUT2D eigenvalue weighted by Crippen LogP contribution is 2.18. The van der Waals surface area contributed by atoms with Crippen molar-refractivity contribution in [3.8, 4) is 0 Å². The van der Waals surface area contributed by atoms with Gasteiger partial charge in [-0.1, -0.05) is 0 Å². The Morgan fingerprint density at radius 1 is 0.964 bits per heavy atom. The van der Waals surface area contributed by atoms with E-state index in [2.05, 4.69) is 9.88 Å². The standard InChI is InChI=1S/C19H27N5O4/c1-3-28-19(27)24-12-8-22(9-13-24)16-4-5-20-17(14-16)18(26)23-10-6-21(7-11-23)15(2)25/h4-5,14H,3,6-13H2,1-2H3. The molecule has 1 aromatic rings. The van der Waals surface area contributed by atoms with E-state index in [0.717, 1.165) is 5.69 Å². The van der Waals surface area contributed by atoms with Crippen LogP contribution in [0.25, 0.3) is 0 Å². The number of ether oxygens (including phenoxy) is 1. The minimum absolute atomic E-state index is 0.0363. The van der Waals surface area contributed by atoms with E-state index >= 15 is 0 Å². The molecule has 2 aliphatic rings. The van der Waals surface area contributed by atoms with Crippen LogP contribution in [0.2, 0.25) is 0 Å². The van der Waals surface area contributed by atoms with Crippen LogP contribution < -0.4 is 4.90 Å². The normalized spacial score (nSPS) is 17.5. The third kappa shape index (κ3) is 4.52. The van der Waals surface area contributed by atoms with Crippen LogP contribution in [0.1, 0.15) is 24.3 Å². The minimum Gasteiger partial charge on any atom is -0.450 e. The molecule has 0 bridgehead atoms. The molecule has 9 heteroatoms. The van der Waals surface area contributed by atoms with Gasteiger partial charge in [0, 0.05) is 71.2 Å². The fraction of sp³-hybridized carbons (Fsp3) is 0.579. The predicted octanol–water partition coefficient (Wildman–Crippen LogP) is 0.664. The molecule has 3 rings (SSSR count). The molecule has 28 heavy (non-hydrogen) atoms. The van der Waals surface area contributed by atoms with Crippen LogP contribution in [-0.4, -0.2) is 96.6 Å². The molecule has 152 valence electrons. The maximum atomic E-state index is 12.8. The number of pyridine rings is 1. The van der Waals surface area contributed by atoms with Crippen LogP contribution in [0.5, 0.6) is 0 Å². The Morgan fingerprint density at radius 3 is 2.18 bits per heavy atom. The van der Waals surface area contributed by atoms with Gasteiger partial charge in [-0.3, -0.25) is 14.6 Å². The van der Waals surface area contributed by atoms with Gasteiger partial charge in [0.05, 0.1) is 6.61 Å². The molecule has 0 aromatic carbocycles. The fourth-order valence-electron chi connectivity index (χ4n) is 3.48. The van der Waals surface area contributed by atoms with Crippen LogP contribution in [0, 0.1) is 0 Å². The summed E-state index contributed by atoms with van der Waals surface area (Å²) in [7, 11) is 0. The smallest absolute Gasteiger partial charge is 0.409 e. The lowest BCUT2D eigenvalue weighted by Gasteiger charge is -2.36. The van der Waals surface area contributed by atoms with E-state index in [-0.39, 0.29) is 17.9 Å². The van der Waals surface area contributed by atoms with Crippen molar-refractivity contribution < 1.29 is 19.1 Å². The van der Waals surface area contributed by atoms with Gasteiger partial charge in [0.25, 0.3) is 5.91 Å². The number of rotatable bonds is 3. The van der Waals surface area contributed by atoms with Crippen molar-refractivity contribution in [1.29, 1.82) is 0 Å². The van der Waals surface area contributed by atoms with Crippen LogP contribution >= 0.6 is 0 Å². The van der Waals surface area contributed by atoms with E-state index in [1.54, 1.807) is 40.8 Å². The molecule has 2 fully saturated rings. The minimum atomic E-state index is -0.280. The fourth-order valence-corrected chi connectivity index (χ4v) is 3.48. The second-order valence-electron chi connectivity index (χ2n) is 6.87. The maximum absolute atomic E-state index is 12.8. The first-order valence-electron chi connectivity index (χ1n) is 9.67. The Morgan fingerprint density at radius 2 is 1.57 bits per heavy atom. The average Bonchev–Trinajstić information content (AvgIpc) is 2.73. The van der Waals surface area contributed by atoms with Gasteiger partial charge in [-0.25, -0.2) is 4.79 Å². The molecule has 0 saturated carbocycles. The monoisotopic (exact) mass is 389 g/mol. The summed E-state index contributed by atoms with van der Waals surface area (Å²) in [5, 5.41) is 0. The molecule has 3 heterocycles. The number of anilines is 1. The maximum Gasteiger partial charge on any atom is 0.409 e. The molecule has 2 saturated heterocycles. The van der Waals surface area contributed by atoms with Crippen molar-refractivity contribution in [3.63, 3.8) is 0 Å². The second kappa shape index (κ2) is 8.90. The van der Waals surface area contributed by atoms with Crippen LogP contribution in [-0.2, 0) is 9.53 Å².